The molecule has 1 fully saturated rings. The maximum atomic E-state index is 13.0. The van der Waals surface area contributed by atoms with Crippen LogP contribution in [0.5, 0.6) is 5.75 Å². The molecule has 0 radical (unpaired) electrons. The summed E-state index contributed by atoms with van der Waals surface area (Å²) in [5.74, 6) is 0.593. The van der Waals surface area contributed by atoms with Crippen LogP contribution in [0.1, 0.15) is 21.6 Å². The molecule has 30 heavy (non-hydrogen) atoms. The number of aromatic nitrogens is 1. The minimum Gasteiger partial charge on any atom is -0.497 e. The highest BCUT2D eigenvalue weighted by Gasteiger charge is 2.17. The smallest absolute Gasteiger partial charge is 0.257 e. The molecule has 0 bridgehead atoms. The van der Waals surface area contributed by atoms with Gasteiger partial charge in [-0.25, -0.2) is 0 Å². The predicted octanol–water partition coefficient (Wildman–Crippen LogP) is 3.86. The molecule has 4 rings (SSSR count). The molecule has 1 amide bonds. The van der Waals surface area contributed by atoms with E-state index >= 15 is 0 Å². The van der Waals surface area contributed by atoms with Crippen molar-refractivity contribution in [3.05, 3.63) is 59.3 Å². The van der Waals surface area contributed by atoms with E-state index in [0.717, 1.165) is 54.1 Å². The molecule has 1 N–H and O–H groups in total. The zero-order valence-electron chi connectivity index (χ0n) is 18.0. The van der Waals surface area contributed by atoms with Crippen LogP contribution in [0.3, 0.4) is 0 Å². The number of nitrogens with one attached hydrogen (secondary N) is 1. The summed E-state index contributed by atoms with van der Waals surface area (Å²) in [4.78, 5) is 22.3. The third kappa shape index (κ3) is 4.09. The minimum atomic E-state index is -0.153. The van der Waals surface area contributed by atoms with Crippen LogP contribution >= 0.6 is 0 Å². The van der Waals surface area contributed by atoms with E-state index in [1.165, 1.54) is 5.69 Å². The van der Waals surface area contributed by atoms with Crippen LogP contribution in [-0.4, -0.2) is 56.1 Å². The highest BCUT2D eigenvalue weighted by Crippen LogP contribution is 2.26. The minimum absolute atomic E-state index is 0.153. The first kappa shape index (κ1) is 20.2. The summed E-state index contributed by atoms with van der Waals surface area (Å²) in [6.45, 7) is 8.07. The van der Waals surface area contributed by atoms with Crippen molar-refractivity contribution in [1.29, 1.82) is 0 Å². The highest BCUT2D eigenvalue weighted by molar-refractivity contribution is 6.07. The lowest BCUT2D eigenvalue weighted by molar-refractivity contribution is 0.102. The number of rotatable bonds is 4. The van der Waals surface area contributed by atoms with Gasteiger partial charge in [0.05, 0.1) is 23.9 Å². The molecule has 0 unspecified atom stereocenters. The summed E-state index contributed by atoms with van der Waals surface area (Å²) < 4.78 is 5.30. The lowest BCUT2D eigenvalue weighted by Crippen LogP contribution is -2.44. The quantitative estimate of drug-likeness (QED) is 0.716. The van der Waals surface area contributed by atoms with Crippen LogP contribution in [-0.2, 0) is 0 Å². The van der Waals surface area contributed by atoms with Gasteiger partial charge in [-0.2, -0.15) is 0 Å². The number of pyridine rings is 1. The molecule has 156 valence electrons. The van der Waals surface area contributed by atoms with Gasteiger partial charge in [0.25, 0.3) is 5.91 Å². The number of benzene rings is 2. The second-order valence-corrected chi connectivity index (χ2v) is 7.92. The van der Waals surface area contributed by atoms with E-state index in [4.69, 9.17) is 4.74 Å². The summed E-state index contributed by atoms with van der Waals surface area (Å²) in [6.07, 6.45) is 0. The molecule has 2 heterocycles. The number of methoxy groups -OCH3 is 1. The van der Waals surface area contributed by atoms with Crippen LogP contribution in [0.25, 0.3) is 10.9 Å². The fraction of sp³-hybridized carbons (Fsp3) is 0.333. The monoisotopic (exact) mass is 404 g/mol. The van der Waals surface area contributed by atoms with Gasteiger partial charge in [0, 0.05) is 42.9 Å². The summed E-state index contributed by atoms with van der Waals surface area (Å²) >= 11 is 0. The SMILES string of the molecule is COc1ccc2nc(C)c(C(=O)Nc3ccc(N4CCN(C)CC4)cc3C)cc2c1. The van der Waals surface area contributed by atoms with Crippen LogP contribution in [0, 0.1) is 13.8 Å². The van der Waals surface area contributed by atoms with Crippen molar-refractivity contribution in [2.45, 2.75) is 13.8 Å². The van der Waals surface area contributed by atoms with Crippen LogP contribution in [0.15, 0.2) is 42.5 Å². The maximum Gasteiger partial charge on any atom is 0.257 e. The van der Waals surface area contributed by atoms with Crippen molar-refractivity contribution in [1.82, 2.24) is 9.88 Å². The van der Waals surface area contributed by atoms with Crippen molar-refractivity contribution < 1.29 is 9.53 Å². The summed E-state index contributed by atoms with van der Waals surface area (Å²) in [5.41, 5.74) is 5.19. The molecule has 3 aromatic rings. The number of nitrogens with zero attached hydrogens (tertiary/aromatic N) is 3. The number of carbonyl (C=O) groups excluding carboxylic acids is 1. The maximum absolute atomic E-state index is 13.0. The average molecular weight is 405 g/mol. The molecule has 1 saturated heterocycles. The lowest BCUT2D eigenvalue weighted by Gasteiger charge is -2.34. The molecule has 1 aliphatic heterocycles. The first-order valence-corrected chi connectivity index (χ1v) is 10.3. The van der Waals surface area contributed by atoms with E-state index in [9.17, 15) is 4.79 Å². The van der Waals surface area contributed by atoms with Crippen molar-refractivity contribution in [3.8, 4) is 5.75 Å². The molecule has 1 aromatic heterocycles. The number of aryl methyl sites for hydroxylation is 2. The number of amides is 1. The van der Waals surface area contributed by atoms with E-state index in [-0.39, 0.29) is 5.91 Å². The Morgan fingerprint density at radius 2 is 1.80 bits per heavy atom. The Kier molecular flexibility index (Phi) is 5.59. The van der Waals surface area contributed by atoms with E-state index in [2.05, 4.69) is 39.3 Å². The van der Waals surface area contributed by atoms with Gasteiger partial charge < -0.3 is 19.9 Å². The van der Waals surface area contributed by atoms with Gasteiger partial charge in [0.15, 0.2) is 0 Å². The standard InChI is InChI=1S/C24H28N4O2/c1-16-13-19(28-11-9-27(3)10-12-28)5-7-22(16)26-24(29)21-15-18-14-20(30-4)6-8-23(18)25-17(21)2/h5-8,13-15H,9-12H2,1-4H3,(H,26,29). The largest absolute Gasteiger partial charge is 0.497 e. The number of anilines is 2. The number of carbonyl (C=O) groups is 1. The van der Waals surface area contributed by atoms with Gasteiger partial charge in [0.1, 0.15) is 5.75 Å². The number of hydrogen-bond acceptors (Lipinski definition) is 5. The van der Waals surface area contributed by atoms with Gasteiger partial charge in [-0.1, -0.05) is 0 Å². The molecule has 0 aliphatic carbocycles. The summed E-state index contributed by atoms with van der Waals surface area (Å²) in [7, 11) is 3.78. The second-order valence-electron chi connectivity index (χ2n) is 7.92. The number of ether oxygens (including phenoxy) is 1. The fourth-order valence-electron chi connectivity index (χ4n) is 3.85. The molecular formula is C24H28N4O2. The van der Waals surface area contributed by atoms with Gasteiger partial charge >= 0.3 is 0 Å². The summed E-state index contributed by atoms with van der Waals surface area (Å²) in [6, 6.07) is 13.8. The summed E-state index contributed by atoms with van der Waals surface area (Å²) in [5, 5.41) is 3.94. The van der Waals surface area contributed by atoms with Crippen molar-refractivity contribution in [2.75, 3.05) is 50.6 Å². The molecule has 2 aromatic carbocycles. The third-order valence-electron chi connectivity index (χ3n) is 5.78. The normalized spacial score (nSPS) is 14.7. The molecule has 1 aliphatic rings. The Morgan fingerprint density at radius 1 is 1.03 bits per heavy atom. The van der Waals surface area contributed by atoms with Crippen LogP contribution < -0.4 is 15.0 Å². The number of fused-ring (bicyclic) bond motifs is 1. The Labute approximate surface area is 177 Å². The molecule has 6 nitrogen and oxygen atoms in total. The van der Waals surface area contributed by atoms with Crippen molar-refractivity contribution in [2.24, 2.45) is 0 Å². The van der Waals surface area contributed by atoms with Crippen LogP contribution in [0.4, 0.5) is 11.4 Å². The molecule has 0 atom stereocenters. The van der Waals surface area contributed by atoms with Crippen molar-refractivity contribution in [3.63, 3.8) is 0 Å². The predicted molar refractivity (Wildman–Crippen MR) is 122 cm³/mol. The molecule has 0 spiro atoms. The van der Waals surface area contributed by atoms with Gasteiger partial charge in [-0.15, -0.1) is 0 Å². The Bertz CT molecular complexity index is 1090. The van der Waals surface area contributed by atoms with E-state index in [1.54, 1.807) is 7.11 Å². The first-order chi connectivity index (χ1) is 14.4. The number of likely N-dealkylation sites (N-methyl/N-ethyl adjacent to an activating group) is 1. The Balaban J connectivity index is 1.55. The van der Waals surface area contributed by atoms with E-state index in [1.807, 2.05) is 44.2 Å². The number of piperazine rings is 1. The zero-order valence-corrected chi connectivity index (χ0v) is 18.0. The second kappa shape index (κ2) is 8.32. The van der Waals surface area contributed by atoms with E-state index < -0.39 is 0 Å². The number of hydrogen-bond donors (Lipinski definition) is 1. The van der Waals surface area contributed by atoms with E-state index in [0.29, 0.717) is 11.3 Å². The van der Waals surface area contributed by atoms with Crippen molar-refractivity contribution >= 4 is 28.2 Å². The lowest BCUT2D eigenvalue weighted by atomic mass is 10.1. The highest BCUT2D eigenvalue weighted by atomic mass is 16.5. The third-order valence-corrected chi connectivity index (χ3v) is 5.78. The van der Waals surface area contributed by atoms with Crippen LogP contribution in [0.2, 0.25) is 0 Å². The van der Waals surface area contributed by atoms with Gasteiger partial charge in [-0.3, -0.25) is 9.78 Å². The fourth-order valence-corrected chi connectivity index (χ4v) is 3.85. The van der Waals surface area contributed by atoms with Gasteiger partial charge in [-0.05, 0) is 68.9 Å². The topological polar surface area (TPSA) is 57.7 Å². The average Bonchev–Trinajstić information content (AvgIpc) is 2.74. The Morgan fingerprint density at radius 3 is 2.50 bits per heavy atom. The molecule has 6 heteroatoms. The van der Waals surface area contributed by atoms with Gasteiger partial charge in [0.2, 0.25) is 0 Å². The zero-order chi connectivity index (χ0) is 21.3. The molecular weight excluding hydrogens is 376 g/mol. The molecule has 0 saturated carbocycles. The Hall–Kier alpha value is -3.12. The first-order valence-electron chi connectivity index (χ1n) is 10.3.